The van der Waals surface area contributed by atoms with Gasteiger partial charge in [0.15, 0.2) is 0 Å². The van der Waals surface area contributed by atoms with Crippen LogP contribution >= 0.6 is 0 Å². The van der Waals surface area contributed by atoms with E-state index < -0.39 is 16.1 Å². The van der Waals surface area contributed by atoms with E-state index in [2.05, 4.69) is 156 Å². The monoisotopic (exact) mass is 590 g/mol. The van der Waals surface area contributed by atoms with Gasteiger partial charge in [0.1, 0.15) is 0 Å². The van der Waals surface area contributed by atoms with Gasteiger partial charge in [-0.2, -0.15) is 0 Å². The lowest BCUT2D eigenvalue weighted by atomic mass is 9.94. The van der Waals surface area contributed by atoms with Gasteiger partial charge in [0.05, 0.1) is 16.1 Å². The molecule has 42 heavy (non-hydrogen) atoms. The van der Waals surface area contributed by atoms with Crippen molar-refractivity contribution in [2.24, 2.45) is 0 Å². The number of hydrogen-bond acceptors (Lipinski definition) is 0. The zero-order valence-electron chi connectivity index (χ0n) is 28.4. The summed E-state index contributed by atoms with van der Waals surface area (Å²) in [5.74, 6) is 0. The fourth-order valence-electron chi connectivity index (χ4n) is 10.2. The van der Waals surface area contributed by atoms with E-state index in [4.69, 9.17) is 0 Å². The van der Waals surface area contributed by atoms with Crippen molar-refractivity contribution in [2.75, 3.05) is 0 Å². The topological polar surface area (TPSA) is 0 Å². The summed E-state index contributed by atoms with van der Waals surface area (Å²) in [6.07, 6.45) is 0. The Morgan fingerprint density at radius 3 is 0.833 bits per heavy atom. The highest BCUT2D eigenvalue weighted by Gasteiger charge is 2.45. The molecular formula is C40H54Si2. The van der Waals surface area contributed by atoms with Gasteiger partial charge in [0, 0.05) is 0 Å². The van der Waals surface area contributed by atoms with Gasteiger partial charge in [0.2, 0.25) is 0 Å². The quantitative estimate of drug-likeness (QED) is 0.124. The number of benzene rings is 5. The summed E-state index contributed by atoms with van der Waals surface area (Å²) in [5, 5.41) is 14.3. The summed E-state index contributed by atoms with van der Waals surface area (Å²) in [5.41, 5.74) is 4.26. The van der Waals surface area contributed by atoms with Crippen LogP contribution in [0.25, 0.3) is 43.1 Å². The highest BCUT2D eigenvalue weighted by molar-refractivity contribution is 6.95. The molecule has 0 amide bonds. The predicted molar refractivity (Wildman–Crippen MR) is 198 cm³/mol. The van der Waals surface area contributed by atoms with Crippen molar-refractivity contribution in [3.05, 3.63) is 72.8 Å². The van der Waals surface area contributed by atoms with Crippen LogP contribution in [0.4, 0.5) is 0 Å². The van der Waals surface area contributed by atoms with Crippen LogP contribution in [0.1, 0.15) is 83.1 Å². The molecule has 2 heteroatoms. The lowest BCUT2D eigenvalue weighted by Gasteiger charge is -2.44. The van der Waals surface area contributed by atoms with Gasteiger partial charge in [-0.1, -0.05) is 166 Å². The second-order valence-electron chi connectivity index (χ2n) is 15.1. The van der Waals surface area contributed by atoms with E-state index in [1.54, 1.807) is 10.4 Å². The first kappa shape index (κ1) is 31.0. The number of hydrogen-bond donors (Lipinski definition) is 0. The molecule has 0 aromatic heterocycles. The van der Waals surface area contributed by atoms with E-state index in [0.717, 1.165) is 0 Å². The maximum atomic E-state index is 2.56. The molecule has 0 bridgehead atoms. The van der Waals surface area contributed by atoms with Crippen LogP contribution in [0, 0.1) is 0 Å². The van der Waals surface area contributed by atoms with Crippen LogP contribution in [0.3, 0.4) is 0 Å². The highest BCUT2D eigenvalue weighted by Crippen LogP contribution is 2.43. The molecule has 0 aliphatic carbocycles. The Kier molecular flexibility index (Phi) is 8.31. The van der Waals surface area contributed by atoms with Crippen LogP contribution in [-0.4, -0.2) is 16.1 Å². The Labute approximate surface area is 257 Å². The van der Waals surface area contributed by atoms with Crippen LogP contribution in [0.15, 0.2) is 72.8 Å². The lowest BCUT2D eigenvalue weighted by Crippen LogP contribution is -2.55. The van der Waals surface area contributed by atoms with Gasteiger partial charge in [-0.25, -0.2) is 0 Å². The molecule has 0 saturated heterocycles. The van der Waals surface area contributed by atoms with E-state index in [-0.39, 0.29) is 0 Å². The average molecular weight is 591 g/mol. The molecular weight excluding hydrogens is 537 g/mol. The first-order valence-electron chi connectivity index (χ1n) is 16.6. The van der Waals surface area contributed by atoms with Crippen molar-refractivity contribution in [3.63, 3.8) is 0 Å². The lowest BCUT2D eigenvalue weighted by molar-refractivity contribution is 0.835. The minimum absolute atomic E-state index is 0.711. The SMILES string of the molecule is CC(C)[Si](c1ccc2c(ccc3c2ccc2c4ccc([Si](C(C)C)(C(C)C)C(C)C)cc4ccc23)c1)(C(C)C)C(C)C. The van der Waals surface area contributed by atoms with Crippen molar-refractivity contribution in [1.29, 1.82) is 0 Å². The zero-order valence-corrected chi connectivity index (χ0v) is 30.4. The minimum atomic E-state index is -1.70. The smallest absolute Gasteiger partial charge is 0.0648 e. The zero-order chi connectivity index (χ0) is 30.7. The van der Waals surface area contributed by atoms with Crippen molar-refractivity contribution >= 4 is 69.6 Å². The Balaban J connectivity index is 1.70. The molecule has 5 aromatic rings. The fraction of sp³-hybridized carbons (Fsp3) is 0.450. The fourth-order valence-corrected chi connectivity index (χ4v) is 23.8. The molecule has 0 aliphatic rings. The Morgan fingerprint density at radius 2 is 0.548 bits per heavy atom. The van der Waals surface area contributed by atoms with E-state index >= 15 is 0 Å². The van der Waals surface area contributed by atoms with E-state index in [0.29, 0.717) is 33.2 Å². The molecule has 0 atom stereocenters. The molecule has 5 rings (SSSR count). The number of fused-ring (bicyclic) bond motifs is 7. The molecule has 0 fully saturated rings. The molecule has 0 heterocycles. The molecule has 0 N–H and O–H groups in total. The van der Waals surface area contributed by atoms with Gasteiger partial charge in [-0.3, -0.25) is 0 Å². The standard InChI is InChI=1S/C40H54Si2/c1-25(2)41(26(3)4,27(5)6)33-15-19-35-31(23-33)13-17-39-37(35)21-22-38-36-20-16-34(24-32(36)14-18-40(38)39)42(28(7)8,29(9)10)30(11)12/h13-30H,1-12H3. The molecule has 0 spiro atoms. The Bertz CT molecular complexity index is 1580. The average Bonchev–Trinajstić information content (AvgIpc) is 2.91. The molecule has 0 saturated carbocycles. The molecule has 0 nitrogen and oxygen atoms in total. The maximum Gasteiger partial charge on any atom is 0.0942 e. The first-order chi connectivity index (χ1) is 19.8. The molecule has 0 aliphatic heterocycles. The highest BCUT2D eigenvalue weighted by atomic mass is 28.3. The third-order valence-electron chi connectivity index (χ3n) is 11.6. The second-order valence-corrected chi connectivity index (χ2v) is 26.9. The summed E-state index contributed by atoms with van der Waals surface area (Å²) in [6.45, 7) is 29.6. The Morgan fingerprint density at radius 1 is 0.310 bits per heavy atom. The van der Waals surface area contributed by atoms with Crippen molar-refractivity contribution < 1.29 is 0 Å². The van der Waals surface area contributed by atoms with E-state index in [1.807, 2.05) is 0 Å². The molecule has 0 radical (unpaired) electrons. The van der Waals surface area contributed by atoms with Gasteiger partial charge < -0.3 is 0 Å². The Hall–Kier alpha value is -2.43. The summed E-state index contributed by atoms with van der Waals surface area (Å²) in [4.78, 5) is 0. The summed E-state index contributed by atoms with van der Waals surface area (Å²) < 4.78 is 0. The third kappa shape index (κ3) is 4.43. The maximum absolute atomic E-state index is 2.56. The molecule has 5 aromatic carbocycles. The van der Waals surface area contributed by atoms with Gasteiger partial charge in [-0.05, 0) is 76.3 Å². The molecule has 0 unspecified atom stereocenters. The van der Waals surface area contributed by atoms with Gasteiger partial charge in [-0.15, -0.1) is 0 Å². The van der Waals surface area contributed by atoms with E-state index in [1.165, 1.54) is 43.1 Å². The normalized spacial score (nSPS) is 13.6. The van der Waals surface area contributed by atoms with Crippen LogP contribution in [-0.2, 0) is 0 Å². The van der Waals surface area contributed by atoms with Crippen LogP contribution < -0.4 is 10.4 Å². The molecule has 222 valence electrons. The van der Waals surface area contributed by atoms with Crippen molar-refractivity contribution in [2.45, 2.75) is 116 Å². The van der Waals surface area contributed by atoms with Gasteiger partial charge in [0.25, 0.3) is 0 Å². The minimum Gasteiger partial charge on any atom is -0.0648 e. The summed E-state index contributed by atoms with van der Waals surface area (Å²) in [6, 6.07) is 29.3. The predicted octanol–water partition coefficient (Wildman–Crippen LogP) is 12.1. The van der Waals surface area contributed by atoms with E-state index in [9.17, 15) is 0 Å². The van der Waals surface area contributed by atoms with Crippen LogP contribution in [0.5, 0.6) is 0 Å². The summed E-state index contributed by atoms with van der Waals surface area (Å²) >= 11 is 0. The van der Waals surface area contributed by atoms with Crippen LogP contribution in [0.2, 0.25) is 33.2 Å². The van der Waals surface area contributed by atoms with Gasteiger partial charge >= 0.3 is 0 Å². The van der Waals surface area contributed by atoms with Crippen molar-refractivity contribution in [1.82, 2.24) is 0 Å². The van der Waals surface area contributed by atoms with Crippen molar-refractivity contribution in [3.8, 4) is 0 Å². The first-order valence-corrected chi connectivity index (χ1v) is 21.1. The largest absolute Gasteiger partial charge is 0.0942 e. The summed E-state index contributed by atoms with van der Waals surface area (Å²) in [7, 11) is -3.40. The number of rotatable bonds is 8. The third-order valence-corrected chi connectivity index (χ3v) is 25.6. The second kappa shape index (κ2) is 11.3.